The molecule has 1 aromatic carbocycles. The van der Waals surface area contributed by atoms with E-state index < -0.39 is 11.4 Å². The first-order chi connectivity index (χ1) is 9.61. The quantitative estimate of drug-likeness (QED) is 0.837. The Bertz CT molecular complexity index is 772. The van der Waals surface area contributed by atoms with Crippen LogP contribution in [0.25, 0.3) is 10.9 Å². The summed E-state index contributed by atoms with van der Waals surface area (Å²) < 4.78 is 16.5. The number of fused-ring (bicyclic) bond motifs is 1. The molecule has 1 aromatic heterocycles. The van der Waals surface area contributed by atoms with Gasteiger partial charge in [0.1, 0.15) is 5.82 Å². The molecule has 0 amide bonds. The molecule has 5 nitrogen and oxygen atoms in total. The molecule has 0 saturated carbocycles. The molecule has 106 valence electrons. The van der Waals surface area contributed by atoms with Gasteiger partial charge in [0.05, 0.1) is 10.9 Å². The fourth-order valence-electron chi connectivity index (χ4n) is 2.86. The molecule has 2 heterocycles. The minimum Gasteiger partial charge on any atom is -0.317 e. The van der Waals surface area contributed by atoms with Gasteiger partial charge in [-0.3, -0.25) is 13.9 Å². The maximum Gasteiger partial charge on any atom is 0.331 e. The third-order valence-corrected chi connectivity index (χ3v) is 3.95. The molecular weight excluding hydrogens is 261 g/mol. The molecule has 1 N–H and O–H groups in total. The normalized spacial score (nSPS) is 16.7. The van der Waals surface area contributed by atoms with Crippen LogP contribution in [0, 0.1) is 5.82 Å². The summed E-state index contributed by atoms with van der Waals surface area (Å²) in [5, 5.41) is 3.18. The molecule has 0 unspecified atom stereocenters. The van der Waals surface area contributed by atoms with Gasteiger partial charge >= 0.3 is 5.69 Å². The van der Waals surface area contributed by atoms with E-state index in [1.165, 1.54) is 21.3 Å². The summed E-state index contributed by atoms with van der Waals surface area (Å²) in [6.07, 6.45) is 1.41. The average molecular weight is 277 g/mol. The van der Waals surface area contributed by atoms with Gasteiger partial charge in [-0.2, -0.15) is 0 Å². The second-order valence-corrected chi connectivity index (χ2v) is 5.13. The van der Waals surface area contributed by atoms with Gasteiger partial charge in [0.2, 0.25) is 0 Å². The zero-order valence-electron chi connectivity index (χ0n) is 11.2. The van der Waals surface area contributed by atoms with Gasteiger partial charge in [0.15, 0.2) is 0 Å². The van der Waals surface area contributed by atoms with Crippen LogP contribution in [-0.4, -0.2) is 22.2 Å². The van der Waals surface area contributed by atoms with Crippen molar-refractivity contribution in [2.75, 3.05) is 13.1 Å². The minimum atomic E-state index is -0.578. The van der Waals surface area contributed by atoms with Gasteiger partial charge in [-0.15, -0.1) is 0 Å². The third kappa shape index (κ3) is 1.87. The lowest BCUT2D eigenvalue weighted by atomic mass is 10.1. The lowest BCUT2D eigenvalue weighted by Gasteiger charge is -2.24. The largest absolute Gasteiger partial charge is 0.331 e. The molecule has 0 bridgehead atoms. The van der Waals surface area contributed by atoms with E-state index in [-0.39, 0.29) is 17.1 Å². The molecule has 1 aliphatic rings. The molecule has 3 rings (SSSR count). The molecular formula is C14H16FN3O2. The average Bonchev–Trinajstić information content (AvgIpc) is 2.46. The predicted octanol–water partition coefficient (Wildman–Crippen LogP) is 0.764. The van der Waals surface area contributed by atoms with Crippen molar-refractivity contribution in [3.63, 3.8) is 0 Å². The smallest absolute Gasteiger partial charge is 0.317 e. The lowest BCUT2D eigenvalue weighted by Crippen LogP contribution is -2.44. The van der Waals surface area contributed by atoms with Crippen molar-refractivity contribution in [2.24, 2.45) is 7.05 Å². The van der Waals surface area contributed by atoms with Gasteiger partial charge in [-0.1, -0.05) is 6.07 Å². The Balaban J connectivity index is 2.35. The highest BCUT2D eigenvalue weighted by Crippen LogP contribution is 2.17. The van der Waals surface area contributed by atoms with Gasteiger partial charge < -0.3 is 5.32 Å². The number of hydrogen-bond donors (Lipinski definition) is 1. The molecule has 1 fully saturated rings. The van der Waals surface area contributed by atoms with Crippen molar-refractivity contribution in [3.05, 3.63) is 44.9 Å². The molecule has 2 aromatic rings. The zero-order valence-corrected chi connectivity index (χ0v) is 11.2. The van der Waals surface area contributed by atoms with E-state index in [1.54, 1.807) is 13.1 Å². The highest BCUT2D eigenvalue weighted by Gasteiger charge is 2.22. The number of piperidine rings is 1. The first kappa shape index (κ1) is 13.1. The van der Waals surface area contributed by atoms with Crippen LogP contribution >= 0.6 is 0 Å². The van der Waals surface area contributed by atoms with E-state index in [4.69, 9.17) is 0 Å². The number of hydrogen-bond acceptors (Lipinski definition) is 3. The second-order valence-electron chi connectivity index (χ2n) is 5.13. The Morgan fingerprint density at radius 3 is 2.65 bits per heavy atom. The number of halogens is 1. The number of rotatable bonds is 1. The SMILES string of the molecule is Cn1c(=O)n(C2CCNCC2)c(=O)c2c(F)cccc21. The summed E-state index contributed by atoms with van der Waals surface area (Å²) >= 11 is 0. The summed E-state index contributed by atoms with van der Waals surface area (Å²) in [4.78, 5) is 24.9. The molecule has 1 aliphatic heterocycles. The van der Waals surface area contributed by atoms with Crippen molar-refractivity contribution in [3.8, 4) is 0 Å². The number of benzene rings is 1. The highest BCUT2D eigenvalue weighted by molar-refractivity contribution is 5.78. The highest BCUT2D eigenvalue weighted by atomic mass is 19.1. The van der Waals surface area contributed by atoms with E-state index >= 15 is 0 Å². The fourth-order valence-corrected chi connectivity index (χ4v) is 2.86. The molecule has 6 heteroatoms. The Hall–Kier alpha value is -1.95. The van der Waals surface area contributed by atoms with Gasteiger partial charge in [0, 0.05) is 13.1 Å². The van der Waals surface area contributed by atoms with Crippen LogP contribution in [0.5, 0.6) is 0 Å². The second kappa shape index (κ2) is 4.86. The summed E-state index contributed by atoms with van der Waals surface area (Å²) in [6, 6.07) is 4.19. The van der Waals surface area contributed by atoms with Crippen LogP contribution in [0.2, 0.25) is 0 Å². The Morgan fingerprint density at radius 1 is 1.25 bits per heavy atom. The first-order valence-corrected chi connectivity index (χ1v) is 6.71. The van der Waals surface area contributed by atoms with Crippen LogP contribution in [0.4, 0.5) is 4.39 Å². The standard InChI is InChI=1S/C14H16FN3O2/c1-17-11-4-2-3-10(15)12(11)13(19)18(14(17)20)9-5-7-16-8-6-9/h2-4,9,16H,5-8H2,1H3. The summed E-state index contributed by atoms with van der Waals surface area (Å²) in [5.41, 5.74) is -0.557. The maximum absolute atomic E-state index is 14.0. The van der Waals surface area contributed by atoms with Gasteiger partial charge in [-0.25, -0.2) is 9.18 Å². The van der Waals surface area contributed by atoms with Crippen LogP contribution < -0.4 is 16.6 Å². The van der Waals surface area contributed by atoms with E-state index in [1.807, 2.05) is 0 Å². The predicted molar refractivity (Wildman–Crippen MR) is 74.5 cm³/mol. The van der Waals surface area contributed by atoms with Crippen LogP contribution in [-0.2, 0) is 7.05 Å². The molecule has 0 spiro atoms. The van der Waals surface area contributed by atoms with E-state index in [2.05, 4.69) is 5.32 Å². The topological polar surface area (TPSA) is 56.0 Å². The van der Waals surface area contributed by atoms with E-state index in [9.17, 15) is 14.0 Å². The molecule has 20 heavy (non-hydrogen) atoms. The number of nitrogens with zero attached hydrogens (tertiary/aromatic N) is 2. The Labute approximate surface area is 114 Å². The minimum absolute atomic E-state index is 0.00636. The van der Waals surface area contributed by atoms with Crippen molar-refractivity contribution in [1.29, 1.82) is 0 Å². The third-order valence-electron chi connectivity index (χ3n) is 3.95. The summed E-state index contributed by atoms with van der Waals surface area (Å²) in [7, 11) is 1.57. The lowest BCUT2D eigenvalue weighted by molar-refractivity contribution is 0.347. The Kier molecular flexibility index (Phi) is 3.17. The number of aryl methyl sites for hydroxylation is 1. The van der Waals surface area contributed by atoms with E-state index in [0.29, 0.717) is 18.4 Å². The first-order valence-electron chi connectivity index (χ1n) is 6.71. The van der Waals surface area contributed by atoms with Crippen LogP contribution in [0.15, 0.2) is 27.8 Å². The molecule has 0 atom stereocenters. The number of aromatic nitrogens is 2. The molecule has 1 saturated heterocycles. The zero-order chi connectivity index (χ0) is 14.3. The van der Waals surface area contributed by atoms with Gasteiger partial charge in [-0.05, 0) is 38.1 Å². The fraction of sp³-hybridized carbons (Fsp3) is 0.429. The van der Waals surface area contributed by atoms with Crippen molar-refractivity contribution in [2.45, 2.75) is 18.9 Å². The van der Waals surface area contributed by atoms with Gasteiger partial charge in [0.25, 0.3) is 5.56 Å². The van der Waals surface area contributed by atoms with Crippen molar-refractivity contribution in [1.82, 2.24) is 14.5 Å². The molecule has 0 radical (unpaired) electrons. The van der Waals surface area contributed by atoms with E-state index in [0.717, 1.165) is 13.1 Å². The maximum atomic E-state index is 14.0. The summed E-state index contributed by atoms with van der Waals surface area (Å²) in [5.74, 6) is -0.578. The van der Waals surface area contributed by atoms with Crippen molar-refractivity contribution >= 4 is 10.9 Å². The van der Waals surface area contributed by atoms with Crippen molar-refractivity contribution < 1.29 is 4.39 Å². The van der Waals surface area contributed by atoms with Crippen LogP contribution in [0.3, 0.4) is 0 Å². The monoisotopic (exact) mass is 277 g/mol. The summed E-state index contributed by atoms with van der Waals surface area (Å²) in [6.45, 7) is 1.52. The molecule has 0 aliphatic carbocycles. The number of nitrogens with one attached hydrogen (secondary N) is 1. The Morgan fingerprint density at radius 2 is 1.95 bits per heavy atom. The van der Waals surface area contributed by atoms with Crippen LogP contribution in [0.1, 0.15) is 18.9 Å².